The van der Waals surface area contributed by atoms with Crippen LogP contribution in [0.2, 0.25) is 0 Å². The predicted octanol–water partition coefficient (Wildman–Crippen LogP) is 2.91. The Balaban J connectivity index is 1.55. The number of nitrogens with zero attached hydrogens (tertiary/aromatic N) is 1. The molecule has 0 aliphatic carbocycles. The summed E-state index contributed by atoms with van der Waals surface area (Å²) in [5, 5.41) is 2.86. The Morgan fingerprint density at radius 1 is 1.07 bits per heavy atom. The zero-order chi connectivity index (χ0) is 20.3. The third-order valence-electron chi connectivity index (χ3n) is 6.00. The van der Waals surface area contributed by atoms with Crippen LogP contribution in [0, 0.1) is 0 Å². The molecule has 2 fully saturated rings. The van der Waals surface area contributed by atoms with Gasteiger partial charge in [-0.2, -0.15) is 0 Å². The Morgan fingerprint density at radius 3 is 2.41 bits per heavy atom. The number of carbonyl (C=O) groups is 2. The van der Waals surface area contributed by atoms with Crippen LogP contribution in [0.4, 0.5) is 4.79 Å². The SMILES string of the molecule is COc1ccc(C2(CN3C(=O)N[C@H](Cc4ccccc4)C3=O)CCOCC2)cc1. The summed E-state index contributed by atoms with van der Waals surface area (Å²) >= 11 is 0. The van der Waals surface area contributed by atoms with Crippen LogP contribution in [-0.4, -0.2) is 49.7 Å². The van der Waals surface area contributed by atoms with Crippen molar-refractivity contribution >= 4 is 11.9 Å². The largest absolute Gasteiger partial charge is 0.497 e. The van der Waals surface area contributed by atoms with Gasteiger partial charge in [0.15, 0.2) is 0 Å². The molecule has 2 aromatic rings. The number of hydrogen-bond donors (Lipinski definition) is 1. The Labute approximate surface area is 170 Å². The topological polar surface area (TPSA) is 67.9 Å². The molecule has 0 bridgehead atoms. The van der Waals surface area contributed by atoms with E-state index in [1.54, 1.807) is 7.11 Å². The van der Waals surface area contributed by atoms with Crippen molar-refractivity contribution in [1.29, 1.82) is 0 Å². The highest BCUT2D eigenvalue weighted by Gasteiger charge is 2.44. The van der Waals surface area contributed by atoms with Gasteiger partial charge in [0.1, 0.15) is 11.8 Å². The molecule has 1 N–H and O–H groups in total. The molecule has 2 aliphatic rings. The maximum atomic E-state index is 13.1. The fourth-order valence-electron chi connectivity index (χ4n) is 4.26. The van der Waals surface area contributed by atoms with Crippen molar-refractivity contribution in [2.24, 2.45) is 0 Å². The molecule has 2 aromatic carbocycles. The van der Waals surface area contributed by atoms with Crippen molar-refractivity contribution in [1.82, 2.24) is 10.2 Å². The highest BCUT2D eigenvalue weighted by Crippen LogP contribution is 2.37. The Hall–Kier alpha value is -2.86. The Bertz CT molecular complexity index is 860. The molecular formula is C23H26N2O4. The van der Waals surface area contributed by atoms with Crippen molar-refractivity contribution in [2.75, 3.05) is 26.9 Å². The highest BCUT2D eigenvalue weighted by atomic mass is 16.5. The van der Waals surface area contributed by atoms with Gasteiger partial charge in [-0.25, -0.2) is 4.79 Å². The molecule has 152 valence electrons. The third-order valence-corrected chi connectivity index (χ3v) is 6.00. The summed E-state index contributed by atoms with van der Waals surface area (Å²) in [6.07, 6.45) is 2.03. The second-order valence-corrected chi connectivity index (χ2v) is 7.74. The van der Waals surface area contributed by atoms with Gasteiger partial charge in [-0.1, -0.05) is 42.5 Å². The molecule has 0 spiro atoms. The van der Waals surface area contributed by atoms with Gasteiger partial charge in [-0.3, -0.25) is 9.69 Å². The average molecular weight is 394 g/mol. The zero-order valence-electron chi connectivity index (χ0n) is 16.6. The lowest BCUT2D eigenvalue weighted by molar-refractivity contribution is -0.128. The van der Waals surface area contributed by atoms with Gasteiger partial charge in [0.05, 0.1) is 7.11 Å². The molecule has 4 rings (SSSR count). The minimum Gasteiger partial charge on any atom is -0.497 e. The van der Waals surface area contributed by atoms with Crippen molar-refractivity contribution in [3.05, 3.63) is 65.7 Å². The summed E-state index contributed by atoms with van der Waals surface area (Å²) in [5.74, 6) is 0.632. The monoisotopic (exact) mass is 394 g/mol. The van der Waals surface area contributed by atoms with Gasteiger partial charge in [0, 0.05) is 31.6 Å². The van der Waals surface area contributed by atoms with Crippen LogP contribution in [0.1, 0.15) is 24.0 Å². The summed E-state index contributed by atoms with van der Waals surface area (Å²) in [5.41, 5.74) is 1.83. The summed E-state index contributed by atoms with van der Waals surface area (Å²) in [7, 11) is 1.64. The van der Waals surface area contributed by atoms with E-state index in [9.17, 15) is 9.59 Å². The van der Waals surface area contributed by atoms with E-state index in [1.165, 1.54) is 4.90 Å². The number of ether oxygens (including phenoxy) is 2. The number of urea groups is 1. The molecule has 0 unspecified atom stereocenters. The number of rotatable bonds is 6. The first-order valence-electron chi connectivity index (χ1n) is 9.99. The van der Waals surface area contributed by atoms with E-state index in [0.29, 0.717) is 26.2 Å². The highest BCUT2D eigenvalue weighted by molar-refractivity contribution is 6.04. The number of imide groups is 1. The van der Waals surface area contributed by atoms with E-state index >= 15 is 0 Å². The molecule has 0 saturated carbocycles. The Morgan fingerprint density at radius 2 is 1.76 bits per heavy atom. The fraction of sp³-hybridized carbons (Fsp3) is 0.391. The number of amides is 3. The van der Waals surface area contributed by atoms with Gasteiger partial charge in [-0.05, 0) is 36.1 Å². The predicted molar refractivity (Wildman–Crippen MR) is 109 cm³/mol. The van der Waals surface area contributed by atoms with Gasteiger partial charge in [0.2, 0.25) is 0 Å². The fourth-order valence-corrected chi connectivity index (χ4v) is 4.26. The number of nitrogens with one attached hydrogen (secondary N) is 1. The number of hydrogen-bond acceptors (Lipinski definition) is 4. The van der Waals surface area contributed by atoms with E-state index in [0.717, 1.165) is 29.7 Å². The maximum absolute atomic E-state index is 13.1. The van der Waals surface area contributed by atoms with Crippen molar-refractivity contribution < 1.29 is 19.1 Å². The van der Waals surface area contributed by atoms with E-state index in [-0.39, 0.29) is 17.4 Å². The van der Waals surface area contributed by atoms with Gasteiger partial charge in [-0.15, -0.1) is 0 Å². The van der Waals surface area contributed by atoms with E-state index < -0.39 is 6.04 Å². The van der Waals surface area contributed by atoms with Crippen molar-refractivity contribution in [3.63, 3.8) is 0 Å². The Kier molecular flexibility index (Phi) is 5.53. The second kappa shape index (κ2) is 8.25. The van der Waals surface area contributed by atoms with Crippen molar-refractivity contribution in [3.8, 4) is 5.75 Å². The maximum Gasteiger partial charge on any atom is 0.324 e. The average Bonchev–Trinajstić information content (AvgIpc) is 3.02. The van der Waals surface area contributed by atoms with Gasteiger partial charge >= 0.3 is 6.03 Å². The van der Waals surface area contributed by atoms with Crippen LogP contribution in [0.5, 0.6) is 5.75 Å². The van der Waals surface area contributed by atoms with Crippen LogP contribution in [0.25, 0.3) is 0 Å². The first-order chi connectivity index (χ1) is 14.1. The van der Waals surface area contributed by atoms with Gasteiger partial charge in [0.25, 0.3) is 5.91 Å². The molecule has 6 nitrogen and oxygen atoms in total. The molecular weight excluding hydrogens is 368 g/mol. The first kappa shape index (κ1) is 19.5. The summed E-state index contributed by atoms with van der Waals surface area (Å²) < 4.78 is 10.9. The molecule has 2 heterocycles. The first-order valence-corrected chi connectivity index (χ1v) is 9.99. The lowest BCUT2D eigenvalue weighted by Crippen LogP contribution is -2.47. The molecule has 2 saturated heterocycles. The third kappa shape index (κ3) is 3.98. The quantitative estimate of drug-likeness (QED) is 0.765. The lowest BCUT2D eigenvalue weighted by atomic mass is 9.73. The normalized spacial score (nSPS) is 21.1. The summed E-state index contributed by atoms with van der Waals surface area (Å²) in [6.45, 7) is 1.59. The van der Waals surface area contributed by atoms with Crippen LogP contribution in [0.3, 0.4) is 0 Å². The number of methoxy groups -OCH3 is 1. The standard InChI is InChI=1S/C23H26N2O4/c1-28-19-9-7-18(8-10-19)23(11-13-29-14-12-23)16-25-21(26)20(24-22(25)27)15-17-5-3-2-4-6-17/h2-10,20H,11-16H2,1H3,(H,24,27)/t20-/m1/s1. The lowest BCUT2D eigenvalue weighted by Gasteiger charge is -2.39. The smallest absolute Gasteiger partial charge is 0.324 e. The summed E-state index contributed by atoms with van der Waals surface area (Å²) in [4.78, 5) is 27.1. The molecule has 29 heavy (non-hydrogen) atoms. The van der Waals surface area contributed by atoms with E-state index in [2.05, 4.69) is 5.32 Å². The van der Waals surface area contributed by atoms with Crippen LogP contribution in [-0.2, 0) is 21.4 Å². The van der Waals surface area contributed by atoms with Crippen LogP contribution < -0.4 is 10.1 Å². The minimum atomic E-state index is -0.516. The summed E-state index contributed by atoms with van der Waals surface area (Å²) in [6, 6.07) is 16.9. The molecule has 2 aliphatic heterocycles. The number of carbonyl (C=O) groups excluding carboxylic acids is 2. The van der Waals surface area contributed by atoms with Crippen LogP contribution in [0.15, 0.2) is 54.6 Å². The van der Waals surface area contributed by atoms with Gasteiger partial charge < -0.3 is 14.8 Å². The molecule has 1 atom stereocenters. The van der Waals surface area contributed by atoms with E-state index in [4.69, 9.17) is 9.47 Å². The molecule has 0 radical (unpaired) electrons. The molecule has 0 aromatic heterocycles. The van der Waals surface area contributed by atoms with Crippen LogP contribution >= 0.6 is 0 Å². The molecule has 3 amide bonds. The number of benzene rings is 2. The molecule has 6 heteroatoms. The second-order valence-electron chi connectivity index (χ2n) is 7.74. The minimum absolute atomic E-state index is 0.154. The van der Waals surface area contributed by atoms with E-state index in [1.807, 2.05) is 54.6 Å². The zero-order valence-corrected chi connectivity index (χ0v) is 16.6. The van der Waals surface area contributed by atoms with Crippen molar-refractivity contribution in [2.45, 2.75) is 30.7 Å².